The van der Waals surface area contributed by atoms with Crippen LogP contribution in [-0.4, -0.2) is 62.8 Å². The number of rotatable bonds is 6. The second kappa shape index (κ2) is 9.76. The number of halogens is 2. The van der Waals surface area contributed by atoms with E-state index in [0.717, 1.165) is 0 Å². The van der Waals surface area contributed by atoms with Crippen LogP contribution in [-0.2, 0) is 14.8 Å². The van der Waals surface area contributed by atoms with E-state index >= 15 is 0 Å². The summed E-state index contributed by atoms with van der Waals surface area (Å²) in [5.74, 6) is -0.923. The summed E-state index contributed by atoms with van der Waals surface area (Å²) in [6, 6.07) is 10.4. The second-order valence-corrected chi connectivity index (χ2v) is 9.36. The fourth-order valence-electron chi connectivity index (χ4n) is 3.26. The van der Waals surface area contributed by atoms with Gasteiger partial charge in [-0.15, -0.1) is 0 Å². The molecule has 3 rings (SSSR count). The predicted octanol–water partition coefficient (Wildman–Crippen LogP) is 2.44. The predicted molar refractivity (Wildman–Crippen MR) is 115 cm³/mol. The van der Waals surface area contributed by atoms with Crippen molar-refractivity contribution in [2.45, 2.75) is 18.2 Å². The van der Waals surface area contributed by atoms with Gasteiger partial charge in [-0.1, -0.05) is 29.8 Å². The van der Waals surface area contributed by atoms with Crippen molar-refractivity contribution in [1.82, 2.24) is 14.5 Å². The Bertz CT molecular complexity index is 1090. The average molecular weight is 468 g/mol. The van der Waals surface area contributed by atoms with E-state index in [1.807, 2.05) is 0 Å². The van der Waals surface area contributed by atoms with Crippen LogP contribution in [0.2, 0.25) is 5.02 Å². The molecule has 0 spiro atoms. The van der Waals surface area contributed by atoms with Crippen LogP contribution in [0.25, 0.3) is 0 Å². The topological polar surface area (TPSA) is 86.8 Å². The first-order chi connectivity index (χ1) is 14.7. The van der Waals surface area contributed by atoms with Gasteiger partial charge in [0, 0.05) is 44.7 Å². The molecule has 2 amide bonds. The van der Waals surface area contributed by atoms with Crippen molar-refractivity contribution in [2.75, 3.05) is 32.7 Å². The summed E-state index contributed by atoms with van der Waals surface area (Å²) >= 11 is 5.92. The number of nitrogens with zero attached hydrogens (tertiary/aromatic N) is 2. The lowest BCUT2D eigenvalue weighted by atomic mass is 10.1. The van der Waals surface area contributed by atoms with E-state index in [1.165, 1.54) is 18.2 Å². The molecule has 31 heavy (non-hydrogen) atoms. The molecule has 0 aliphatic carbocycles. The van der Waals surface area contributed by atoms with Crippen molar-refractivity contribution < 1.29 is 22.4 Å². The van der Waals surface area contributed by atoms with Crippen LogP contribution in [0.3, 0.4) is 0 Å². The highest BCUT2D eigenvalue weighted by atomic mass is 35.5. The van der Waals surface area contributed by atoms with Crippen molar-refractivity contribution >= 4 is 33.4 Å². The number of piperazine rings is 1. The van der Waals surface area contributed by atoms with Gasteiger partial charge in [0.1, 0.15) is 10.7 Å². The Labute approximate surface area is 185 Å². The molecular formula is C21H23ClFN3O4S. The molecule has 0 bridgehead atoms. The number of carbonyl (C=O) groups is 2. The summed E-state index contributed by atoms with van der Waals surface area (Å²) in [5.41, 5.74) is 0.744. The molecule has 2 aromatic carbocycles. The van der Waals surface area contributed by atoms with Gasteiger partial charge in [0.25, 0.3) is 5.91 Å². The van der Waals surface area contributed by atoms with E-state index in [9.17, 15) is 22.4 Å². The van der Waals surface area contributed by atoms with E-state index in [-0.39, 0.29) is 40.3 Å². The minimum Gasteiger partial charge on any atom is -0.339 e. The number of aryl methyl sites for hydroxylation is 1. The zero-order valence-electron chi connectivity index (χ0n) is 17.0. The molecule has 1 heterocycles. The third-order valence-electron chi connectivity index (χ3n) is 5.10. The van der Waals surface area contributed by atoms with Gasteiger partial charge in [0.05, 0.1) is 5.02 Å². The zero-order valence-corrected chi connectivity index (χ0v) is 18.5. The first-order valence-corrected chi connectivity index (χ1v) is 11.6. The van der Waals surface area contributed by atoms with Crippen molar-refractivity contribution in [3.05, 3.63) is 64.4 Å². The van der Waals surface area contributed by atoms with Gasteiger partial charge in [0.15, 0.2) is 0 Å². The summed E-state index contributed by atoms with van der Waals surface area (Å²) < 4.78 is 40.7. The number of amides is 2. The molecule has 1 aliphatic rings. The molecule has 0 aromatic heterocycles. The molecule has 10 heteroatoms. The smallest absolute Gasteiger partial charge is 0.254 e. The van der Waals surface area contributed by atoms with Crippen LogP contribution in [0, 0.1) is 12.7 Å². The van der Waals surface area contributed by atoms with Gasteiger partial charge >= 0.3 is 0 Å². The molecule has 7 nitrogen and oxygen atoms in total. The van der Waals surface area contributed by atoms with Crippen LogP contribution in [0.1, 0.15) is 22.3 Å². The molecule has 2 aromatic rings. The van der Waals surface area contributed by atoms with E-state index in [4.69, 9.17) is 11.6 Å². The first kappa shape index (κ1) is 23.2. The monoisotopic (exact) mass is 467 g/mol. The lowest BCUT2D eigenvalue weighted by Crippen LogP contribution is -2.51. The molecule has 166 valence electrons. The van der Waals surface area contributed by atoms with Gasteiger partial charge in [-0.05, 0) is 36.8 Å². The fraction of sp³-hybridized carbons (Fsp3) is 0.333. The van der Waals surface area contributed by atoms with Crippen molar-refractivity contribution in [3.8, 4) is 0 Å². The number of carbonyl (C=O) groups excluding carboxylic acids is 2. The third-order valence-corrected chi connectivity index (χ3v) is 7.06. The van der Waals surface area contributed by atoms with Crippen LogP contribution in [0.5, 0.6) is 0 Å². The highest BCUT2D eigenvalue weighted by Gasteiger charge is 2.25. The van der Waals surface area contributed by atoms with Gasteiger partial charge < -0.3 is 9.80 Å². The molecule has 1 aliphatic heterocycles. The summed E-state index contributed by atoms with van der Waals surface area (Å²) in [7, 11) is -3.81. The molecule has 0 atom stereocenters. The van der Waals surface area contributed by atoms with Crippen molar-refractivity contribution in [3.63, 3.8) is 0 Å². The summed E-state index contributed by atoms with van der Waals surface area (Å²) in [6.07, 6.45) is -0.0131. The van der Waals surface area contributed by atoms with E-state index in [1.54, 1.807) is 41.0 Å². The van der Waals surface area contributed by atoms with Crippen LogP contribution >= 0.6 is 11.6 Å². The molecule has 1 N–H and O–H groups in total. The quantitative estimate of drug-likeness (QED) is 0.707. The standard InChI is InChI=1S/C21H23ClFN3O4S/c1-15-6-7-16(14-18(15)23)21(28)26-12-10-25(11-13-26)20(27)8-9-24-31(29,30)19-5-3-2-4-17(19)22/h2-7,14,24H,8-13H2,1H3. The van der Waals surface area contributed by atoms with Crippen molar-refractivity contribution in [2.24, 2.45) is 0 Å². The maximum atomic E-state index is 13.7. The first-order valence-electron chi connectivity index (χ1n) is 9.76. The van der Waals surface area contributed by atoms with Crippen LogP contribution in [0.15, 0.2) is 47.4 Å². The van der Waals surface area contributed by atoms with E-state index in [0.29, 0.717) is 31.7 Å². The molecule has 1 saturated heterocycles. The van der Waals surface area contributed by atoms with Crippen molar-refractivity contribution in [1.29, 1.82) is 0 Å². The van der Waals surface area contributed by atoms with Gasteiger partial charge in [0.2, 0.25) is 15.9 Å². The van der Waals surface area contributed by atoms with E-state index in [2.05, 4.69) is 4.72 Å². The lowest BCUT2D eigenvalue weighted by molar-refractivity contribution is -0.132. The highest BCUT2D eigenvalue weighted by molar-refractivity contribution is 7.89. The van der Waals surface area contributed by atoms with Gasteiger partial charge in [-0.3, -0.25) is 9.59 Å². The largest absolute Gasteiger partial charge is 0.339 e. The number of hydrogen-bond donors (Lipinski definition) is 1. The summed E-state index contributed by atoms with van der Waals surface area (Å²) in [6.45, 7) is 2.87. The zero-order chi connectivity index (χ0) is 22.6. The summed E-state index contributed by atoms with van der Waals surface area (Å²) in [4.78, 5) is 28.1. The van der Waals surface area contributed by atoms with Crippen LogP contribution < -0.4 is 4.72 Å². The molecule has 0 radical (unpaired) electrons. The maximum absolute atomic E-state index is 13.7. The number of nitrogens with one attached hydrogen (secondary N) is 1. The van der Waals surface area contributed by atoms with Crippen LogP contribution in [0.4, 0.5) is 4.39 Å². The normalized spacial score (nSPS) is 14.5. The Kier molecular flexibility index (Phi) is 7.30. The molecular weight excluding hydrogens is 445 g/mol. The molecule has 0 saturated carbocycles. The van der Waals surface area contributed by atoms with E-state index < -0.39 is 15.8 Å². The van der Waals surface area contributed by atoms with Gasteiger partial charge in [-0.2, -0.15) is 0 Å². The highest BCUT2D eigenvalue weighted by Crippen LogP contribution is 2.20. The second-order valence-electron chi connectivity index (χ2n) is 7.22. The number of sulfonamides is 1. The Morgan fingerprint density at radius 3 is 2.35 bits per heavy atom. The minimum atomic E-state index is -3.81. The summed E-state index contributed by atoms with van der Waals surface area (Å²) in [5, 5.41) is 0.107. The molecule has 0 unspecified atom stereocenters. The van der Waals surface area contributed by atoms with Gasteiger partial charge in [-0.25, -0.2) is 17.5 Å². The lowest BCUT2D eigenvalue weighted by Gasteiger charge is -2.35. The SMILES string of the molecule is Cc1ccc(C(=O)N2CCN(C(=O)CCNS(=O)(=O)c3ccccc3Cl)CC2)cc1F. The third kappa shape index (κ3) is 5.61. The average Bonchev–Trinajstić information content (AvgIpc) is 2.75. The Morgan fingerprint density at radius 1 is 1.06 bits per heavy atom. The maximum Gasteiger partial charge on any atom is 0.254 e. The Balaban J connectivity index is 1.48. The Morgan fingerprint density at radius 2 is 1.71 bits per heavy atom. The fourth-order valence-corrected chi connectivity index (χ4v) is 4.81. The Hall–Kier alpha value is -2.49. The number of benzene rings is 2. The number of hydrogen-bond acceptors (Lipinski definition) is 4. The minimum absolute atomic E-state index is 0.0131. The molecule has 1 fully saturated rings.